The molecule has 2 unspecified atom stereocenters. The Kier molecular flexibility index (Phi) is 4.83. The highest BCUT2D eigenvalue weighted by Crippen LogP contribution is 2.34. The molecule has 128 valence electrons. The second-order valence-electron chi connectivity index (χ2n) is 6.66. The van der Waals surface area contributed by atoms with Crippen LogP contribution < -0.4 is 10.6 Å². The molecule has 2 saturated carbocycles. The van der Waals surface area contributed by atoms with Gasteiger partial charge in [0.2, 0.25) is 11.8 Å². The van der Waals surface area contributed by atoms with E-state index < -0.39 is 17.8 Å². The molecule has 0 radical (unpaired) electrons. The number of carbonyl (C=O) groups excluding carboxylic acids is 2. The zero-order chi connectivity index (χ0) is 17.1. The van der Waals surface area contributed by atoms with Crippen LogP contribution >= 0.6 is 0 Å². The molecule has 2 aliphatic rings. The normalized spacial score (nSPS) is 22.8. The van der Waals surface area contributed by atoms with Gasteiger partial charge in [0.05, 0.1) is 11.8 Å². The monoisotopic (exact) mass is 330 g/mol. The Bertz CT molecular complexity index is 654. The SMILES string of the molecule is O=C(Nc1cccc(CNC(=O)C2CCC2C(=O)O)c1)C1CCC1. The first-order valence-corrected chi connectivity index (χ1v) is 8.45. The average molecular weight is 330 g/mol. The smallest absolute Gasteiger partial charge is 0.307 e. The Morgan fingerprint density at radius 1 is 1.04 bits per heavy atom. The van der Waals surface area contributed by atoms with Crippen LogP contribution in [0.3, 0.4) is 0 Å². The maximum Gasteiger partial charge on any atom is 0.307 e. The van der Waals surface area contributed by atoms with Crippen molar-refractivity contribution in [1.29, 1.82) is 0 Å². The van der Waals surface area contributed by atoms with Gasteiger partial charge in [0.1, 0.15) is 0 Å². The molecule has 0 saturated heterocycles. The number of anilines is 1. The summed E-state index contributed by atoms with van der Waals surface area (Å²) in [5.41, 5.74) is 1.60. The van der Waals surface area contributed by atoms with Crippen LogP contribution in [0.5, 0.6) is 0 Å². The molecule has 2 atom stereocenters. The number of nitrogens with one attached hydrogen (secondary N) is 2. The van der Waals surface area contributed by atoms with Gasteiger partial charge in [-0.25, -0.2) is 0 Å². The minimum absolute atomic E-state index is 0.0567. The van der Waals surface area contributed by atoms with Crippen LogP contribution in [0.1, 0.15) is 37.7 Å². The molecule has 3 rings (SSSR count). The second-order valence-corrected chi connectivity index (χ2v) is 6.66. The van der Waals surface area contributed by atoms with Crippen molar-refractivity contribution in [3.05, 3.63) is 29.8 Å². The quantitative estimate of drug-likeness (QED) is 0.745. The first-order valence-electron chi connectivity index (χ1n) is 8.45. The lowest BCUT2D eigenvalue weighted by Crippen LogP contribution is -2.43. The number of carbonyl (C=O) groups is 3. The van der Waals surface area contributed by atoms with Gasteiger partial charge < -0.3 is 15.7 Å². The molecular formula is C18H22N2O4. The highest BCUT2D eigenvalue weighted by molar-refractivity contribution is 5.93. The number of aliphatic carboxylic acids is 1. The number of carboxylic acid groups (broad SMARTS) is 1. The number of carboxylic acids is 1. The fourth-order valence-electron chi connectivity index (χ4n) is 3.10. The van der Waals surface area contributed by atoms with Crippen molar-refractivity contribution in [3.63, 3.8) is 0 Å². The minimum Gasteiger partial charge on any atom is -0.481 e. The molecule has 24 heavy (non-hydrogen) atoms. The van der Waals surface area contributed by atoms with Gasteiger partial charge in [-0.05, 0) is 43.4 Å². The van der Waals surface area contributed by atoms with Crippen molar-refractivity contribution < 1.29 is 19.5 Å². The van der Waals surface area contributed by atoms with Gasteiger partial charge in [-0.1, -0.05) is 18.6 Å². The first kappa shape index (κ1) is 16.5. The molecule has 2 fully saturated rings. The van der Waals surface area contributed by atoms with Gasteiger partial charge in [0, 0.05) is 18.2 Å². The number of amides is 2. The third-order valence-corrected chi connectivity index (χ3v) is 5.07. The lowest BCUT2D eigenvalue weighted by Gasteiger charge is -2.31. The van der Waals surface area contributed by atoms with Crippen LogP contribution in [-0.2, 0) is 20.9 Å². The van der Waals surface area contributed by atoms with Crippen molar-refractivity contribution >= 4 is 23.5 Å². The fourth-order valence-corrected chi connectivity index (χ4v) is 3.10. The van der Waals surface area contributed by atoms with E-state index in [1.54, 1.807) is 0 Å². The lowest BCUT2D eigenvalue weighted by atomic mass is 9.73. The van der Waals surface area contributed by atoms with Crippen molar-refractivity contribution in [2.45, 2.75) is 38.6 Å². The summed E-state index contributed by atoms with van der Waals surface area (Å²) in [6, 6.07) is 7.37. The van der Waals surface area contributed by atoms with Gasteiger partial charge in [0.25, 0.3) is 0 Å². The molecule has 3 N–H and O–H groups in total. The molecule has 0 bridgehead atoms. The summed E-state index contributed by atoms with van der Waals surface area (Å²) < 4.78 is 0. The molecule has 6 heteroatoms. The third-order valence-electron chi connectivity index (χ3n) is 5.07. The average Bonchev–Trinajstić information content (AvgIpc) is 2.41. The molecule has 0 heterocycles. The molecule has 0 aromatic heterocycles. The van der Waals surface area contributed by atoms with Crippen molar-refractivity contribution in [2.75, 3.05) is 5.32 Å². The minimum atomic E-state index is -0.901. The van der Waals surface area contributed by atoms with E-state index in [2.05, 4.69) is 10.6 Å². The summed E-state index contributed by atoms with van der Waals surface area (Å²) in [4.78, 5) is 35.0. The number of rotatable bonds is 6. The van der Waals surface area contributed by atoms with Gasteiger partial charge in [-0.15, -0.1) is 0 Å². The highest BCUT2D eigenvalue weighted by Gasteiger charge is 2.41. The highest BCUT2D eigenvalue weighted by atomic mass is 16.4. The van der Waals surface area contributed by atoms with E-state index in [1.165, 1.54) is 0 Å². The summed E-state index contributed by atoms with van der Waals surface area (Å²) in [5, 5.41) is 14.7. The largest absolute Gasteiger partial charge is 0.481 e. The predicted molar refractivity (Wildman–Crippen MR) is 88.1 cm³/mol. The molecule has 2 amide bonds. The zero-order valence-corrected chi connectivity index (χ0v) is 13.5. The summed E-state index contributed by atoms with van der Waals surface area (Å²) in [6.07, 6.45) is 4.21. The van der Waals surface area contributed by atoms with E-state index in [0.29, 0.717) is 19.4 Å². The van der Waals surface area contributed by atoms with Crippen LogP contribution in [-0.4, -0.2) is 22.9 Å². The maximum atomic E-state index is 12.1. The fraction of sp³-hybridized carbons (Fsp3) is 0.500. The molecule has 2 aliphatic carbocycles. The van der Waals surface area contributed by atoms with E-state index >= 15 is 0 Å². The molecule has 1 aromatic carbocycles. The summed E-state index contributed by atoms with van der Waals surface area (Å²) in [6.45, 7) is 0.328. The lowest BCUT2D eigenvalue weighted by molar-refractivity contribution is -0.152. The van der Waals surface area contributed by atoms with Gasteiger partial charge in [-0.3, -0.25) is 14.4 Å². The van der Waals surface area contributed by atoms with Gasteiger partial charge in [0.15, 0.2) is 0 Å². The maximum absolute atomic E-state index is 12.1. The predicted octanol–water partition coefficient (Wildman–Crippen LogP) is 2.15. The van der Waals surface area contributed by atoms with Crippen molar-refractivity contribution in [3.8, 4) is 0 Å². The second kappa shape index (κ2) is 7.03. The summed E-state index contributed by atoms with van der Waals surface area (Å²) >= 11 is 0. The van der Waals surface area contributed by atoms with Crippen LogP contribution in [0.2, 0.25) is 0 Å². The third kappa shape index (κ3) is 3.58. The number of benzene rings is 1. The van der Waals surface area contributed by atoms with E-state index in [-0.39, 0.29) is 17.7 Å². The van der Waals surface area contributed by atoms with Crippen LogP contribution in [0, 0.1) is 17.8 Å². The van der Waals surface area contributed by atoms with E-state index in [9.17, 15) is 14.4 Å². The van der Waals surface area contributed by atoms with Crippen LogP contribution in [0.4, 0.5) is 5.69 Å². The number of hydrogen-bond donors (Lipinski definition) is 3. The van der Waals surface area contributed by atoms with E-state index in [4.69, 9.17) is 5.11 Å². The van der Waals surface area contributed by atoms with Gasteiger partial charge >= 0.3 is 5.97 Å². The Labute approximate surface area is 140 Å². The van der Waals surface area contributed by atoms with E-state index in [0.717, 1.165) is 30.5 Å². The summed E-state index contributed by atoms with van der Waals surface area (Å²) in [7, 11) is 0. The van der Waals surface area contributed by atoms with Crippen molar-refractivity contribution in [2.24, 2.45) is 17.8 Å². The topological polar surface area (TPSA) is 95.5 Å². The van der Waals surface area contributed by atoms with Gasteiger partial charge in [-0.2, -0.15) is 0 Å². The molecule has 6 nitrogen and oxygen atoms in total. The van der Waals surface area contributed by atoms with Crippen LogP contribution in [0.25, 0.3) is 0 Å². The summed E-state index contributed by atoms with van der Waals surface area (Å²) in [5.74, 6) is -1.91. The molecular weight excluding hydrogens is 308 g/mol. The molecule has 0 aliphatic heterocycles. The Morgan fingerprint density at radius 3 is 2.38 bits per heavy atom. The Balaban J connectivity index is 1.52. The molecule has 0 spiro atoms. The Hall–Kier alpha value is -2.37. The Morgan fingerprint density at radius 2 is 1.79 bits per heavy atom. The first-order chi connectivity index (χ1) is 11.5. The zero-order valence-electron chi connectivity index (χ0n) is 13.5. The van der Waals surface area contributed by atoms with Crippen molar-refractivity contribution in [1.82, 2.24) is 5.32 Å². The standard InChI is InChI=1S/C18H22N2O4/c21-16(12-4-2-5-12)20-13-6-1-3-11(9-13)10-19-17(22)14-7-8-15(14)18(23)24/h1,3,6,9,12,14-15H,2,4-5,7-8,10H2,(H,19,22)(H,20,21)(H,23,24). The van der Waals surface area contributed by atoms with E-state index in [1.807, 2.05) is 24.3 Å². The van der Waals surface area contributed by atoms with Crippen LogP contribution in [0.15, 0.2) is 24.3 Å². The molecule has 1 aromatic rings. The number of hydrogen-bond acceptors (Lipinski definition) is 3.